The van der Waals surface area contributed by atoms with Gasteiger partial charge < -0.3 is 4.18 Å². The first kappa shape index (κ1) is 11.5. The highest BCUT2D eigenvalue weighted by Crippen LogP contribution is 2.14. The maximum absolute atomic E-state index is 11.5. The van der Waals surface area contributed by atoms with E-state index in [-0.39, 0.29) is 11.2 Å². The van der Waals surface area contributed by atoms with Crippen LogP contribution < -0.4 is 0 Å². The lowest BCUT2D eigenvalue weighted by Crippen LogP contribution is -2.06. The zero-order valence-electron chi connectivity index (χ0n) is 8.14. The zero-order chi connectivity index (χ0) is 11.5. The molecular formula is C10H10O4S. The fourth-order valence-electron chi connectivity index (χ4n) is 0.914. The summed E-state index contributed by atoms with van der Waals surface area (Å²) in [6, 6.07) is 6.09. The quantitative estimate of drug-likeness (QED) is 0.337. The van der Waals surface area contributed by atoms with E-state index in [1.165, 1.54) is 12.1 Å². The fraction of sp³-hybridized carbons (Fsp3) is 0.100. The summed E-state index contributed by atoms with van der Waals surface area (Å²) < 4.78 is 27.4. The molecule has 0 aromatic heterocycles. The Balaban J connectivity index is 3.01. The van der Waals surface area contributed by atoms with Crippen molar-refractivity contribution >= 4 is 16.4 Å². The minimum absolute atomic E-state index is 0.00361. The van der Waals surface area contributed by atoms with Crippen LogP contribution in [0.4, 0.5) is 0 Å². The van der Waals surface area contributed by atoms with Crippen molar-refractivity contribution in [1.82, 2.24) is 0 Å². The largest absolute Gasteiger partial charge is 0.376 e. The molecular weight excluding hydrogens is 216 g/mol. The number of aryl methyl sites for hydroxylation is 1. The van der Waals surface area contributed by atoms with Gasteiger partial charge in [0, 0.05) is 0 Å². The highest BCUT2D eigenvalue weighted by atomic mass is 32.2. The van der Waals surface area contributed by atoms with Crippen LogP contribution in [0, 0.1) is 6.92 Å². The first-order chi connectivity index (χ1) is 6.95. The Kier molecular flexibility index (Phi) is 3.26. The standard InChI is InChI=1S/C10H10O4S/c1-8-3-5-10(6-4-8)15(12,13)14-9(2)7-11/h3-7H,2H2,1H3. The summed E-state index contributed by atoms with van der Waals surface area (Å²) in [5.74, 6) is -0.435. The molecule has 0 aliphatic heterocycles. The second-order valence-electron chi connectivity index (χ2n) is 2.93. The van der Waals surface area contributed by atoms with E-state index in [1.54, 1.807) is 12.1 Å². The first-order valence-corrected chi connectivity index (χ1v) is 5.52. The third-order valence-electron chi connectivity index (χ3n) is 1.66. The van der Waals surface area contributed by atoms with Crippen molar-refractivity contribution in [3.05, 3.63) is 42.2 Å². The first-order valence-electron chi connectivity index (χ1n) is 4.11. The van der Waals surface area contributed by atoms with Crippen LogP contribution in [-0.4, -0.2) is 14.7 Å². The van der Waals surface area contributed by atoms with Crippen molar-refractivity contribution in [3.8, 4) is 0 Å². The molecule has 1 aromatic rings. The Bertz CT molecular complexity index is 471. The molecule has 0 amide bonds. The number of carbonyl (C=O) groups is 1. The van der Waals surface area contributed by atoms with Crippen molar-refractivity contribution in [2.24, 2.45) is 0 Å². The van der Waals surface area contributed by atoms with E-state index in [0.717, 1.165) is 5.56 Å². The Labute approximate surface area is 88.3 Å². The van der Waals surface area contributed by atoms with E-state index in [9.17, 15) is 13.2 Å². The lowest BCUT2D eigenvalue weighted by molar-refractivity contribution is -0.106. The Morgan fingerprint density at radius 2 is 1.87 bits per heavy atom. The van der Waals surface area contributed by atoms with Gasteiger partial charge in [-0.2, -0.15) is 8.42 Å². The van der Waals surface area contributed by atoms with Crippen molar-refractivity contribution in [3.63, 3.8) is 0 Å². The lowest BCUT2D eigenvalue weighted by atomic mass is 10.2. The maximum Gasteiger partial charge on any atom is 0.339 e. The van der Waals surface area contributed by atoms with Crippen molar-refractivity contribution < 1.29 is 17.4 Å². The second kappa shape index (κ2) is 4.27. The van der Waals surface area contributed by atoms with Gasteiger partial charge >= 0.3 is 10.1 Å². The van der Waals surface area contributed by atoms with Gasteiger partial charge in [-0.1, -0.05) is 24.3 Å². The third-order valence-corrected chi connectivity index (χ3v) is 2.94. The number of rotatable bonds is 4. The van der Waals surface area contributed by atoms with Crippen LogP contribution in [0.5, 0.6) is 0 Å². The molecule has 15 heavy (non-hydrogen) atoms. The van der Waals surface area contributed by atoms with Gasteiger partial charge in [0.05, 0.1) is 0 Å². The van der Waals surface area contributed by atoms with E-state index >= 15 is 0 Å². The minimum Gasteiger partial charge on any atom is -0.376 e. The second-order valence-corrected chi connectivity index (χ2v) is 4.48. The average molecular weight is 226 g/mol. The molecule has 0 heterocycles. The van der Waals surface area contributed by atoms with Gasteiger partial charge in [0.25, 0.3) is 0 Å². The van der Waals surface area contributed by atoms with Gasteiger partial charge in [-0.3, -0.25) is 4.79 Å². The summed E-state index contributed by atoms with van der Waals surface area (Å²) in [7, 11) is -3.92. The summed E-state index contributed by atoms with van der Waals surface area (Å²) in [6.45, 7) is 4.97. The Hall–Kier alpha value is -1.62. The SMILES string of the molecule is C=C(C=O)OS(=O)(=O)c1ccc(C)cc1. The molecule has 4 nitrogen and oxygen atoms in total. The van der Waals surface area contributed by atoms with Gasteiger partial charge in [-0.25, -0.2) is 0 Å². The van der Waals surface area contributed by atoms with E-state index in [2.05, 4.69) is 10.8 Å². The molecule has 0 radical (unpaired) electrons. The molecule has 1 aromatic carbocycles. The molecule has 0 N–H and O–H groups in total. The molecule has 0 unspecified atom stereocenters. The van der Waals surface area contributed by atoms with Crippen LogP contribution in [0.25, 0.3) is 0 Å². The van der Waals surface area contributed by atoms with Crippen LogP contribution in [0.15, 0.2) is 41.5 Å². The predicted molar refractivity (Wildman–Crippen MR) is 54.7 cm³/mol. The van der Waals surface area contributed by atoms with Crippen LogP contribution in [0.2, 0.25) is 0 Å². The molecule has 0 bridgehead atoms. The minimum atomic E-state index is -3.92. The zero-order valence-corrected chi connectivity index (χ0v) is 8.95. The molecule has 0 fully saturated rings. The van der Waals surface area contributed by atoms with Gasteiger partial charge in [-0.05, 0) is 19.1 Å². The molecule has 0 aliphatic rings. The summed E-state index contributed by atoms with van der Waals surface area (Å²) in [4.78, 5) is 10.2. The van der Waals surface area contributed by atoms with E-state index in [4.69, 9.17) is 0 Å². The third kappa shape index (κ3) is 2.92. The predicted octanol–water partition coefficient (Wildman–Crippen LogP) is 1.41. The molecule has 0 spiro atoms. The molecule has 0 aliphatic carbocycles. The highest BCUT2D eigenvalue weighted by molar-refractivity contribution is 7.86. The normalized spacial score (nSPS) is 10.7. The van der Waals surface area contributed by atoms with Crippen LogP contribution in [0.3, 0.4) is 0 Å². The summed E-state index contributed by atoms with van der Waals surface area (Å²) in [5, 5.41) is 0. The average Bonchev–Trinajstić information content (AvgIpc) is 2.17. The highest BCUT2D eigenvalue weighted by Gasteiger charge is 2.16. The van der Waals surface area contributed by atoms with Crippen molar-refractivity contribution in [2.45, 2.75) is 11.8 Å². The number of hydrogen-bond acceptors (Lipinski definition) is 4. The number of allylic oxidation sites excluding steroid dienone is 1. The molecule has 0 saturated heterocycles. The monoisotopic (exact) mass is 226 g/mol. The number of aldehydes is 1. The maximum atomic E-state index is 11.5. The Morgan fingerprint density at radius 3 is 2.33 bits per heavy atom. The molecule has 0 saturated carbocycles. The number of benzene rings is 1. The molecule has 0 atom stereocenters. The van der Waals surface area contributed by atoms with Crippen LogP contribution in [-0.2, 0) is 19.1 Å². The summed E-state index contributed by atoms with van der Waals surface area (Å²) >= 11 is 0. The van der Waals surface area contributed by atoms with Gasteiger partial charge in [-0.15, -0.1) is 0 Å². The summed E-state index contributed by atoms with van der Waals surface area (Å²) in [6.07, 6.45) is 0.242. The fourth-order valence-corrected chi connectivity index (χ4v) is 1.80. The number of carbonyl (C=O) groups excluding carboxylic acids is 1. The van der Waals surface area contributed by atoms with Gasteiger partial charge in [0.2, 0.25) is 0 Å². The summed E-state index contributed by atoms with van der Waals surface area (Å²) in [5.41, 5.74) is 0.933. The topological polar surface area (TPSA) is 60.4 Å². The Morgan fingerprint density at radius 1 is 1.33 bits per heavy atom. The van der Waals surface area contributed by atoms with Gasteiger partial charge in [0.15, 0.2) is 12.0 Å². The smallest absolute Gasteiger partial charge is 0.339 e. The van der Waals surface area contributed by atoms with Crippen molar-refractivity contribution in [2.75, 3.05) is 0 Å². The van der Waals surface area contributed by atoms with Crippen LogP contribution >= 0.6 is 0 Å². The van der Waals surface area contributed by atoms with Gasteiger partial charge in [0.1, 0.15) is 4.90 Å². The van der Waals surface area contributed by atoms with E-state index in [1.807, 2.05) is 6.92 Å². The molecule has 80 valence electrons. The van der Waals surface area contributed by atoms with Crippen molar-refractivity contribution in [1.29, 1.82) is 0 Å². The van der Waals surface area contributed by atoms with E-state index in [0.29, 0.717) is 0 Å². The van der Waals surface area contributed by atoms with Crippen LogP contribution in [0.1, 0.15) is 5.56 Å². The van der Waals surface area contributed by atoms with E-state index < -0.39 is 15.9 Å². The molecule has 1 rings (SSSR count). The number of hydrogen-bond donors (Lipinski definition) is 0. The molecule has 5 heteroatoms. The lowest BCUT2D eigenvalue weighted by Gasteiger charge is -2.05.